The van der Waals surface area contributed by atoms with E-state index in [4.69, 9.17) is 10.00 Å². The molecule has 1 saturated heterocycles. The van der Waals surface area contributed by atoms with E-state index < -0.39 is 0 Å². The highest BCUT2D eigenvalue weighted by molar-refractivity contribution is 5.92. The maximum absolute atomic E-state index is 11.9. The summed E-state index contributed by atoms with van der Waals surface area (Å²) < 4.78 is 4.98. The Morgan fingerprint density at radius 2 is 2.50 bits per heavy atom. The lowest BCUT2D eigenvalue weighted by molar-refractivity contribution is -0.119. The third-order valence-electron chi connectivity index (χ3n) is 2.92. The van der Waals surface area contributed by atoms with Gasteiger partial charge in [-0.15, -0.1) is 0 Å². The number of hydrogen-bond acceptors (Lipinski definition) is 5. The van der Waals surface area contributed by atoms with Gasteiger partial charge in [0, 0.05) is 13.1 Å². The summed E-state index contributed by atoms with van der Waals surface area (Å²) >= 11 is 0. The number of anilines is 1. The van der Waals surface area contributed by atoms with Crippen molar-refractivity contribution in [3.05, 3.63) is 18.3 Å². The predicted octanol–water partition coefficient (Wildman–Crippen LogP) is 0.832. The quantitative estimate of drug-likeness (QED) is 0.799. The highest BCUT2D eigenvalue weighted by atomic mass is 16.5. The minimum atomic E-state index is -0.145. The van der Waals surface area contributed by atoms with Crippen molar-refractivity contribution in [2.75, 3.05) is 25.5 Å². The molecule has 0 aromatic carbocycles. The Morgan fingerprint density at radius 3 is 3.06 bits per heavy atom. The van der Waals surface area contributed by atoms with Gasteiger partial charge in [0.2, 0.25) is 5.91 Å². The molecule has 0 saturated carbocycles. The molecule has 0 radical (unpaired) electrons. The average molecular weight is 246 g/mol. The van der Waals surface area contributed by atoms with Crippen LogP contribution in [0.2, 0.25) is 0 Å². The first-order valence-corrected chi connectivity index (χ1v) is 5.68. The fourth-order valence-electron chi connectivity index (χ4n) is 1.87. The van der Waals surface area contributed by atoms with Crippen molar-refractivity contribution in [1.29, 1.82) is 5.26 Å². The van der Waals surface area contributed by atoms with Gasteiger partial charge in [0.15, 0.2) is 6.19 Å². The van der Waals surface area contributed by atoms with Crippen molar-refractivity contribution < 1.29 is 9.53 Å². The number of nitriles is 1. The topological polar surface area (TPSA) is 78.2 Å². The average Bonchev–Trinajstić information content (AvgIpc) is 2.88. The minimum Gasteiger partial charge on any atom is -0.495 e. The first kappa shape index (κ1) is 12.2. The first-order chi connectivity index (χ1) is 8.72. The van der Waals surface area contributed by atoms with E-state index in [9.17, 15) is 4.79 Å². The second-order valence-electron chi connectivity index (χ2n) is 4.10. The van der Waals surface area contributed by atoms with E-state index in [-0.39, 0.29) is 11.8 Å². The van der Waals surface area contributed by atoms with Gasteiger partial charge in [0.1, 0.15) is 11.6 Å². The number of carbonyl (C=O) groups is 1. The summed E-state index contributed by atoms with van der Waals surface area (Å²) in [5.41, 5.74) is 0. The van der Waals surface area contributed by atoms with Crippen molar-refractivity contribution >= 4 is 11.7 Å². The third kappa shape index (κ3) is 2.69. The van der Waals surface area contributed by atoms with Crippen LogP contribution in [0.5, 0.6) is 5.75 Å². The molecule has 6 nitrogen and oxygen atoms in total. The lowest BCUT2D eigenvalue weighted by atomic mass is 10.1. The Labute approximate surface area is 105 Å². The number of rotatable bonds is 3. The van der Waals surface area contributed by atoms with Gasteiger partial charge in [-0.25, -0.2) is 4.98 Å². The zero-order chi connectivity index (χ0) is 13.0. The highest BCUT2D eigenvalue weighted by Crippen LogP contribution is 2.18. The van der Waals surface area contributed by atoms with Gasteiger partial charge in [-0.3, -0.25) is 4.79 Å². The van der Waals surface area contributed by atoms with Crippen LogP contribution in [0.3, 0.4) is 0 Å². The van der Waals surface area contributed by atoms with Gasteiger partial charge in [-0.1, -0.05) is 0 Å². The molecular formula is C12H14N4O2. The summed E-state index contributed by atoms with van der Waals surface area (Å²) in [5, 5.41) is 11.5. The van der Waals surface area contributed by atoms with Crippen molar-refractivity contribution in [3.63, 3.8) is 0 Å². The van der Waals surface area contributed by atoms with Crippen LogP contribution in [0, 0.1) is 17.4 Å². The fourth-order valence-corrected chi connectivity index (χ4v) is 1.87. The van der Waals surface area contributed by atoms with Crippen LogP contribution >= 0.6 is 0 Å². The van der Waals surface area contributed by atoms with Crippen molar-refractivity contribution in [2.45, 2.75) is 6.42 Å². The molecule has 94 valence electrons. The van der Waals surface area contributed by atoms with Gasteiger partial charge in [0.25, 0.3) is 0 Å². The molecule has 1 aromatic heterocycles. The van der Waals surface area contributed by atoms with Crippen molar-refractivity contribution in [3.8, 4) is 11.9 Å². The van der Waals surface area contributed by atoms with Gasteiger partial charge in [-0.05, 0) is 18.6 Å². The van der Waals surface area contributed by atoms with Crippen LogP contribution < -0.4 is 10.1 Å². The Balaban J connectivity index is 1.93. The smallest absolute Gasteiger partial charge is 0.230 e. The molecular weight excluding hydrogens is 232 g/mol. The molecule has 1 fully saturated rings. The van der Waals surface area contributed by atoms with E-state index >= 15 is 0 Å². The molecule has 1 aliphatic heterocycles. The SMILES string of the molecule is COc1ccc(NC(=O)C2CCN(C#N)C2)nc1. The van der Waals surface area contributed by atoms with Gasteiger partial charge in [-0.2, -0.15) is 5.26 Å². The van der Waals surface area contributed by atoms with E-state index in [1.54, 1.807) is 30.3 Å². The van der Waals surface area contributed by atoms with Gasteiger partial charge >= 0.3 is 0 Å². The lowest BCUT2D eigenvalue weighted by Gasteiger charge is -2.10. The number of nitrogens with one attached hydrogen (secondary N) is 1. The minimum absolute atomic E-state index is 0.0922. The van der Waals surface area contributed by atoms with Crippen LogP contribution in [-0.4, -0.2) is 36.0 Å². The Bertz CT molecular complexity index is 466. The zero-order valence-electron chi connectivity index (χ0n) is 10.1. The summed E-state index contributed by atoms with van der Waals surface area (Å²) in [6.45, 7) is 1.13. The molecule has 2 heterocycles. The Kier molecular flexibility index (Phi) is 3.63. The Hall–Kier alpha value is -2.29. The number of likely N-dealkylation sites (tertiary alicyclic amines) is 1. The second kappa shape index (κ2) is 5.36. The van der Waals surface area contributed by atoms with Gasteiger partial charge in [0.05, 0.1) is 19.2 Å². The summed E-state index contributed by atoms with van der Waals surface area (Å²) in [6.07, 6.45) is 4.30. The predicted molar refractivity (Wildman–Crippen MR) is 64.7 cm³/mol. The maximum Gasteiger partial charge on any atom is 0.230 e. The zero-order valence-corrected chi connectivity index (χ0v) is 10.1. The van der Waals surface area contributed by atoms with Crippen molar-refractivity contribution in [1.82, 2.24) is 9.88 Å². The molecule has 0 bridgehead atoms. The molecule has 0 aliphatic carbocycles. The summed E-state index contributed by atoms with van der Waals surface area (Å²) in [6, 6.07) is 3.42. The molecule has 1 amide bonds. The number of hydrogen-bond donors (Lipinski definition) is 1. The van der Waals surface area contributed by atoms with E-state index in [0.29, 0.717) is 31.1 Å². The maximum atomic E-state index is 11.9. The van der Waals surface area contributed by atoms with E-state index in [1.165, 1.54) is 0 Å². The second-order valence-corrected chi connectivity index (χ2v) is 4.10. The van der Waals surface area contributed by atoms with E-state index in [2.05, 4.69) is 10.3 Å². The number of nitrogens with zero attached hydrogens (tertiary/aromatic N) is 3. The number of methoxy groups -OCH3 is 1. The van der Waals surface area contributed by atoms with Crippen LogP contribution in [0.15, 0.2) is 18.3 Å². The number of pyridine rings is 1. The fraction of sp³-hybridized carbons (Fsp3) is 0.417. The molecule has 1 aliphatic rings. The molecule has 1 unspecified atom stereocenters. The van der Waals surface area contributed by atoms with Crippen molar-refractivity contribution in [2.24, 2.45) is 5.92 Å². The molecule has 6 heteroatoms. The normalized spacial score (nSPS) is 18.2. The number of carbonyl (C=O) groups excluding carboxylic acids is 1. The van der Waals surface area contributed by atoms with E-state index in [0.717, 1.165) is 0 Å². The van der Waals surface area contributed by atoms with Crippen LogP contribution in [0.4, 0.5) is 5.82 Å². The molecule has 1 N–H and O–H groups in total. The molecule has 1 aromatic rings. The van der Waals surface area contributed by atoms with Gasteiger partial charge < -0.3 is 15.0 Å². The Morgan fingerprint density at radius 1 is 1.67 bits per heavy atom. The van der Waals surface area contributed by atoms with E-state index in [1.807, 2.05) is 6.19 Å². The highest BCUT2D eigenvalue weighted by Gasteiger charge is 2.27. The molecule has 1 atom stereocenters. The number of amides is 1. The third-order valence-corrected chi connectivity index (χ3v) is 2.92. The summed E-state index contributed by atoms with van der Waals surface area (Å²) in [5.74, 6) is 0.902. The van der Waals surface area contributed by atoms with Crippen LogP contribution in [0.1, 0.15) is 6.42 Å². The van der Waals surface area contributed by atoms with Crippen LogP contribution in [-0.2, 0) is 4.79 Å². The molecule has 0 spiro atoms. The molecule has 2 rings (SSSR count). The van der Waals surface area contributed by atoms with Crippen LogP contribution in [0.25, 0.3) is 0 Å². The summed E-state index contributed by atoms with van der Waals surface area (Å²) in [4.78, 5) is 17.6. The molecule has 18 heavy (non-hydrogen) atoms. The first-order valence-electron chi connectivity index (χ1n) is 5.68. The summed E-state index contributed by atoms with van der Waals surface area (Å²) in [7, 11) is 1.56. The number of ether oxygens (including phenoxy) is 1. The monoisotopic (exact) mass is 246 g/mol. The largest absolute Gasteiger partial charge is 0.495 e. The number of aromatic nitrogens is 1. The standard InChI is InChI=1S/C12H14N4O2/c1-18-10-2-3-11(14-6-10)15-12(17)9-4-5-16(7-9)8-13/h2-3,6,9H,4-5,7H2,1H3,(H,14,15,17). The lowest BCUT2D eigenvalue weighted by Crippen LogP contribution is -2.25.